The quantitative estimate of drug-likeness (QED) is 0.591. The molecule has 86 valence electrons. The molecule has 0 saturated carbocycles. The molecule has 0 N–H and O–H groups in total. The van der Waals surface area contributed by atoms with Gasteiger partial charge in [-0.25, -0.2) is 0 Å². The smallest absolute Gasteiger partial charge is 0.225 e. The van der Waals surface area contributed by atoms with Crippen LogP contribution in [0.15, 0.2) is 0 Å². The van der Waals surface area contributed by atoms with Crippen LogP contribution in [0, 0.1) is 5.92 Å². The molecule has 0 amide bonds. The second-order valence-electron chi connectivity index (χ2n) is 3.95. The Hall–Kier alpha value is 0.150. The molecule has 0 aliphatic heterocycles. The fourth-order valence-corrected chi connectivity index (χ4v) is 2.39. The average Bonchev–Trinajstić information content (AvgIpc) is 2.03. The van der Waals surface area contributed by atoms with Crippen molar-refractivity contribution in [2.45, 2.75) is 33.1 Å². The van der Waals surface area contributed by atoms with Crippen molar-refractivity contribution in [3.8, 4) is 0 Å². The topological polar surface area (TPSA) is 35.5 Å². The molecule has 0 aromatic heterocycles. The van der Waals surface area contributed by atoms with E-state index in [-0.39, 0.29) is 6.35 Å². The highest BCUT2D eigenvalue weighted by atomic mass is 31.2. The van der Waals surface area contributed by atoms with Gasteiger partial charge in [0.15, 0.2) is 0 Å². The summed E-state index contributed by atoms with van der Waals surface area (Å²) in [5, 5.41) is 0. The first-order chi connectivity index (χ1) is 6.52. The Labute approximate surface area is 87.6 Å². The maximum absolute atomic E-state index is 11.6. The number of methoxy groups -OCH3 is 1. The Balaban J connectivity index is 3.57. The van der Waals surface area contributed by atoms with Gasteiger partial charge in [-0.1, -0.05) is 26.7 Å². The molecule has 0 aliphatic carbocycles. The summed E-state index contributed by atoms with van der Waals surface area (Å²) < 4.78 is 21.7. The molecule has 0 aromatic rings. The fourth-order valence-electron chi connectivity index (χ4n) is 1.36. The van der Waals surface area contributed by atoms with E-state index < -0.39 is 7.37 Å². The lowest BCUT2D eigenvalue weighted by Crippen LogP contribution is -2.02. The molecular weight excluding hydrogens is 199 g/mol. The molecule has 2 atom stereocenters. The van der Waals surface area contributed by atoms with Gasteiger partial charge < -0.3 is 9.26 Å². The maximum Gasteiger partial charge on any atom is 0.225 e. The van der Waals surface area contributed by atoms with Gasteiger partial charge in [0.25, 0.3) is 0 Å². The number of ether oxygens (including phenoxy) is 1. The summed E-state index contributed by atoms with van der Waals surface area (Å²) in [6.45, 7) is 6.58. The lowest BCUT2D eigenvalue weighted by Gasteiger charge is -2.14. The molecule has 14 heavy (non-hydrogen) atoms. The molecule has 0 heterocycles. The summed E-state index contributed by atoms with van der Waals surface area (Å²) in [4.78, 5) is 0. The Kier molecular flexibility index (Phi) is 7.52. The van der Waals surface area contributed by atoms with Crippen molar-refractivity contribution in [2.24, 2.45) is 5.92 Å². The Morgan fingerprint density at radius 2 is 2.00 bits per heavy atom. The molecule has 0 spiro atoms. The molecule has 2 unspecified atom stereocenters. The van der Waals surface area contributed by atoms with Gasteiger partial charge in [0.05, 0.1) is 6.61 Å². The van der Waals surface area contributed by atoms with Gasteiger partial charge in [0.2, 0.25) is 7.37 Å². The van der Waals surface area contributed by atoms with Gasteiger partial charge in [-0.2, -0.15) is 0 Å². The van der Waals surface area contributed by atoms with Crippen molar-refractivity contribution in [3.05, 3.63) is 0 Å². The maximum atomic E-state index is 11.6. The van der Waals surface area contributed by atoms with Crippen LogP contribution in [0.4, 0.5) is 0 Å². The van der Waals surface area contributed by atoms with Crippen LogP contribution in [0.3, 0.4) is 0 Å². The minimum atomic E-state index is -2.49. The van der Waals surface area contributed by atoms with Crippen LogP contribution < -0.4 is 0 Å². The monoisotopic (exact) mass is 222 g/mol. The summed E-state index contributed by atoms with van der Waals surface area (Å²) in [5.41, 5.74) is 0. The summed E-state index contributed by atoms with van der Waals surface area (Å²) in [7, 11) is -0.949. The van der Waals surface area contributed by atoms with Crippen LogP contribution >= 0.6 is 7.37 Å². The van der Waals surface area contributed by atoms with Crippen molar-refractivity contribution in [1.82, 2.24) is 0 Å². The summed E-state index contributed by atoms with van der Waals surface area (Å²) >= 11 is 0. The molecule has 3 nitrogen and oxygen atoms in total. The van der Waals surface area contributed by atoms with E-state index >= 15 is 0 Å². The predicted molar refractivity (Wildman–Crippen MR) is 60.0 cm³/mol. The fraction of sp³-hybridized carbons (Fsp3) is 1.00. The number of hydrogen-bond acceptors (Lipinski definition) is 3. The van der Waals surface area contributed by atoms with Crippen molar-refractivity contribution in [1.29, 1.82) is 0 Å². The van der Waals surface area contributed by atoms with Crippen molar-refractivity contribution < 1.29 is 13.8 Å². The third-order valence-corrected chi connectivity index (χ3v) is 3.58. The van der Waals surface area contributed by atoms with Crippen LogP contribution in [0.25, 0.3) is 0 Å². The van der Waals surface area contributed by atoms with Crippen molar-refractivity contribution in [2.75, 3.05) is 26.7 Å². The number of hydrogen-bond donors (Lipinski definition) is 0. The first kappa shape index (κ1) is 14.2. The van der Waals surface area contributed by atoms with E-state index in [1.807, 2.05) is 0 Å². The molecule has 4 heteroatoms. The highest BCUT2D eigenvalue weighted by Crippen LogP contribution is 2.42. The predicted octanol–water partition coefficient (Wildman–Crippen LogP) is 3.34. The minimum absolute atomic E-state index is 0.217. The SMILES string of the molecule is CCCC(C)CCOP(C)(=O)COC. The second kappa shape index (κ2) is 7.44. The first-order valence-electron chi connectivity index (χ1n) is 5.22. The van der Waals surface area contributed by atoms with Crippen molar-refractivity contribution >= 4 is 7.37 Å². The van der Waals surface area contributed by atoms with Gasteiger partial charge in [-0.05, 0) is 12.3 Å². The lowest BCUT2D eigenvalue weighted by molar-refractivity contribution is 0.214. The van der Waals surface area contributed by atoms with Gasteiger partial charge >= 0.3 is 0 Å². The molecule has 0 radical (unpaired) electrons. The van der Waals surface area contributed by atoms with Gasteiger partial charge in [0, 0.05) is 13.8 Å². The van der Waals surface area contributed by atoms with Gasteiger partial charge in [-0.15, -0.1) is 0 Å². The highest BCUT2D eigenvalue weighted by molar-refractivity contribution is 7.57. The minimum Gasteiger partial charge on any atom is -0.375 e. The van der Waals surface area contributed by atoms with Crippen LogP contribution in [-0.4, -0.2) is 26.7 Å². The summed E-state index contributed by atoms with van der Waals surface area (Å²) in [6, 6.07) is 0. The Morgan fingerprint density at radius 1 is 1.36 bits per heavy atom. The molecule has 0 fully saturated rings. The van der Waals surface area contributed by atoms with E-state index in [0.29, 0.717) is 12.5 Å². The molecule has 0 bridgehead atoms. The largest absolute Gasteiger partial charge is 0.375 e. The normalized spacial score (nSPS) is 17.7. The van der Waals surface area contributed by atoms with Crippen LogP contribution in [0.2, 0.25) is 0 Å². The Morgan fingerprint density at radius 3 is 2.50 bits per heavy atom. The van der Waals surface area contributed by atoms with Gasteiger partial charge in [0.1, 0.15) is 6.35 Å². The van der Waals surface area contributed by atoms with Crippen LogP contribution in [0.5, 0.6) is 0 Å². The molecular formula is C10H23O3P. The third-order valence-electron chi connectivity index (χ3n) is 2.12. The first-order valence-corrected chi connectivity index (χ1v) is 7.47. The molecule has 0 saturated heterocycles. The Bertz CT molecular complexity index is 182. The van der Waals surface area contributed by atoms with Crippen LogP contribution in [0.1, 0.15) is 33.1 Å². The summed E-state index contributed by atoms with van der Waals surface area (Å²) in [5.74, 6) is 0.655. The zero-order valence-corrected chi connectivity index (χ0v) is 10.7. The van der Waals surface area contributed by atoms with E-state index in [2.05, 4.69) is 13.8 Å². The van der Waals surface area contributed by atoms with Gasteiger partial charge in [-0.3, -0.25) is 4.57 Å². The van der Waals surface area contributed by atoms with E-state index in [0.717, 1.165) is 6.42 Å². The van der Waals surface area contributed by atoms with E-state index in [1.54, 1.807) is 13.8 Å². The zero-order valence-electron chi connectivity index (χ0n) is 9.78. The zero-order chi connectivity index (χ0) is 11.0. The van der Waals surface area contributed by atoms with Crippen molar-refractivity contribution in [3.63, 3.8) is 0 Å². The number of rotatable bonds is 8. The summed E-state index contributed by atoms with van der Waals surface area (Å²) in [6.07, 6.45) is 3.61. The molecule has 0 aliphatic rings. The van der Waals surface area contributed by atoms with E-state index in [1.165, 1.54) is 12.8 Å². The molecule has 0 rings (SSSR count). The third kappa shape index (κ3) is 7.54. The van der Waals surface area contributed by atoms with Crippen LogP contribution in [-0.2, 0) is 13.8 Å². The second-order valence-corrected chi connectivity index (χ2v) is 6.49. The average molecular weight is 222 g/mol. The lowest BCUT2D eigenvalue weighted by atomic mass is 10.0. The van der Waals surface area contributed by atoms with E-state index in [9.17, 15) is 4.57 Å². The highest BCUT2D eigenvalue weighted by Gasteiger charge is 2.15. The molecule has 0 aromatic carbocycles. The standard InChI is InChI=1S/C10H23O3P/c1-5-6-10(2)7-8-13-14(4,11)9-12-3/h10H,5-9H2,1-4H3. The van der Waals surface area contributed by atoms with E-state index in [4.69, 9.17) is 9.26 Å².